The zero-order valence-corrected chi connectivity index (χ0v) is 13.3. The van der Waals surface area contributed by atoms with Gasteiger partial charge in [-0.15, -0.1) is 0 Å². The van der Waals surface area contributed by atoms with Crippen molar-refractivity contribution in [1.29, 1.82) is 5.26 Å². The van der Waals surface area contributed by atoms with Gasteiger partial charge < -0.3 is 5.32 Å². The zero-order valence-electron chi connectivity index (χ0n) is 13.3. The predicted molar refractivity (Wildman–Crippen MR) is 96.2 cm³/mol. The molecule has 0 bridgehead atoms. The predicted octanol–water partition coefficient (Wildman–Crippen LogP) is 5.23. The summed E-state index contributed by atoms with van der Waals surface area (Å²) < 4.78 is 0. The number of nitrogens with zero attached hydrogens (tertiary/aromatic N) is 3. The van der Waals surface area contributed by atoms with Crippen molar-refractivity contribution in [3.63, 3.8) is 0 Å². The number of nitrogens with one attached hydrogen (secondary N) is 1. The summed E-state index contributed by atoms with van der Waals surface area (Å²) in [5, 5.41) is 19.9. The van der Waals surface area contributed by atoms with E-state index in [9.17, 15) is 4.79 Å². The van der Waals surface area contributed by atoms with E-state index in [0.717, 1.165) is 5.69 Å². The fraction of sp³-hybridized carbons (Fsp3) is 0. The van der Waals surface area contributed by atoms with E-state index in [1.807, 2.05) is 36.4 Å². The zero-order chi connectivity index (χ0) is 17.5. The van der Waals surface area contributed by atoms with Crippen LogP contribution in [0.4, 0.5) is 17.1 Å². The summed E-state index contributed by atoms with van der Waals surface area (Å²) in [5.41, 5.74) is 3.14. The molecular weight excluding hydrogens is 312 g/mol. The third-order valence-electron chi connectivity index (χ3n) is 3.44. The van der Waals surface area contributed by atoms with Gasteiger partial charge >= 0.3 is 0 Å². The largest absolute Gasteiger partial charge is 0.322 e. The molecule has 0 aromatic heterocycles. The summed E-state index contributed by atoms with van der Waals surface area (Å²) >= 11 is 0. The maximum atomic E-state index is 12.2. The molecule has 0 heterocycles. The minimum atomic E-state index is -0.233. The molecule has 0 fully saturated rings. The summed E-state index contributed by atoms with van der Waals surface area (Å²) in [6.07, 6.45) is 0. The Morgan fingerprint density at radius 3 is 2.00 bits per heavy atom. The summed E-state index contributed by atoms with van der Waals surface area (Å²) in [4.78, 5) is 12.2. The van der Waals surface area contributed by atoms with Gasteiger partial charge in [-0.2, -0.15) is 15.5 Å². The Morgan fingerprint density at radius 2 is 1.40 bits per heavy atom. The molecule has 0 saturated heterocycles. The van der Waals surface area contributed by atoms with Gasteiger partial charge in [-0.3, -0.25) is 4.79 Å². The lowest BCUT2D eigenvalue weighted by Crippen LogP contribution is -2.11. The number of rotatable bonds is 4. The molecule has 5 heteroatoms. The van der Waals surface area contributed by atoms with Crippen LogP contribution >= 0.6 is 0 Å². The molecular formula is C20H14N4O. The normalized spacial score (nSPS) is 10.4. The first-order valence-electron chi connectivity index (χ1n) is 7.63. The highest BCUT2D eigenvalue weighted by atomic mass is 16.1. The standard InChI is InChI=1S/C20H14N4O/c21-14-15-6-8-16(9-7-15)20(25)22-17-10-12-19(13-11-17)24-23-18-4-2-1-3-5-18/h1-13H,(H,22,25). The van der Waals surface area contributed by atoms with E-state index >= 15 is 0 Å². The number of carbonyl (C=O) groups is 1. The Kier molecular flexibility index (Phi) is 4.93. The lowest BCUT2D eigenvalue weighted by atomic mass is 10.1. The third-order valence-corrected chi connectivity index (χ3v) is 3.44. The Labute approximate surface area is 145 Å². The fourth-order valence-corrected chi connectivity index (χ4v) is 2.12. The average molecular weight is 326 g/mol. The highest BCUT2D eigenvalue weighted by Gasteiger charge is 2.06. The number of nitriles is 1. The van der Waals surface area contributed by atoms with Crippen LogP contribution in [-0.2, 0) is 0 Å². The summed E-state index contributed by atoms with van der Waals surface area (Å²) in [5.74, 6) is -0.233. The van der Waals surface area contributed by atoms with Crippen LogP contribution in [0.3, 0.4) is 0 Å². The number of amides is 1. The van der Waals surface area contributed by atoms with Gasteiger partial charge in [0, 0.05) is 11.3 Å². The quantitative estimate of drug-likeness (QED) is 0.667. The Hall–Kier alpha value is -3.78. The topological polar surface area (TPSA) is 77.6 Å². The first kappa shape index (κ1) is 16.1. The van der Waals surface area contributed by atoms with Gasteiger partial charge in [0.25, 0.3) is 5.91 Å². The van der Waals surface area contributed by atoms with Gasteiger partial charge in [-0.25, -0.2) is 0 Å². The van der Waals surface area contributed by atoms with Crippen molar-refractivity contribution >= 4 is 23.0 Å². The molecule has 0 aliphatic carbocycles. The van der Waals surface area contributed by atoms with Gasteiger partial charge in [0.1, 0.15) is 0 Å². The molecule has 0 unspecified atom stereocenters. The molecule has 0 spiro atoms. The highest BCUT2D eigenvalue weighted by Crippen LogP contribution is 2.20. The van der Waals surface area contributed by atoms with Gasteiger partial charge in [-0.1, -0.05) is 18.2 Å². The van der Waals surface area contributed by atoms with Crippen molar-refractivity contribution in [2.24, 2.45) is 10.2 Å². The number of carbonyl (C=O) groups excluding carboxylic acids is 1. The van der Waals surface area contributed by atoms with E-state index in [1.54, 1.807) is 48.5 Å². The molecule has 0 aliphatic heterocycles. The van der Waals surface area contributed by atoms with Gasteiger partial charge in [0.05, 0.1) is 23.0 Å². The van der Waals surface area contributed by atoms with Crippen LogP contribution in [0.25, 0.3) is 0 Å². The van der Waals surface area contributed by atoms with Crippen LogP contribution < -0.4 is 5.32 Å². The van der Waals surface area contributed by atoms with Crippen molar-refractivity contribution in [2.75, 3.05) is 5.32 Å². The van der Waals surface area contributed by atoms with Crippen LogP contribution in [-0.4, -0.2) is 5.91 Å². The van der Waals surface area contributed by atoms with Crippen LogP contribution in [0.2, 0.25) is 0 Å². The Morgan fingerprint density at radius 1 is 0.800 bits per heavy atom. The molecule has 0 atom stereocenters. The highest BCUT2D eigenvalue weighted by molar-refractivity contribution is 6.04. The molecule has 1 N–H and O–H groups in total. The van der Waals surface area contributed by atoms with E-state index in [2.05, 4.69) is 15.5 Å². The van der Waals surface area contributed by atoms with Crippen LogP contribution in [0.15, 0.2) is 89.1 Å². The van der Waals surface area contributed by atoms with Crippen molar-refractivity contribution in [3.05, 3.63) is 90.0 Å². The first-order valence-corrected chi connectivity index (χ1v) is 7.63. The lowest BCUT2D eigenvalue weighted by molar-refractivity contribution is 0.102. The fourth-order valence-electron chi connectivity index (χ4n) is 2.12. The average Bonchev–Trinajstić information content (AvgIpc) is 2.68. The van der Waals surface area contributed by atoms with Crippen LogP contribution in [0.1, 0.15) is 15.9 Å². The van der Waals surface area contributed by atoms with Crippen molar-refractivity contribution in [2.45, 2.75) is 0 Å². The number of hydrogen-bond acceptors (Lipinski definition) is 4. The maximum Gasteiger partial charge on any atom is 0.255 e. The summed E-state index contributed by atoms with van der Waals surface area (Å²) in [7, 11) is 0. The van der Waals surface area contributed by atoms with E-state index in [-0.39, 0.29) is 5.91 Å². The molecule has 1 amide bonds. The second-order valence-corrected chi connectivity index (χ2v) is 5.23. The van der Waals surface area contributed by atoms with E-state index in [1.165, 1.54) is 0 Å². The second-order valence-electron chi connectivity index (χ2n) is 5.23. The Bertz CT molecular complexity index is 924. The van der Waals surface area contributed by atoms with E-state index < -0.39 is 0 Å². The van der Waals surface area contributed by atoms with E-state index in [0.29, 0.717) is 22.5 Å². The Balaban J connectivity index is 1.65. The monoisotopic (exact) mass is 326 g/mol. The second kappa shape index (κ2) is 7.66. The minimum absolute atomic E-state index is 0.233. The summed E-state index contributed by atoms with van der Waals surface area (Å²) in [6.45, 7) is 0. The molecule has 3 aromatic carbocycles. The van der Waals surface area contributed by atoms with Gasteiger partial charge in [0.2, 0.25) is 0 Å². The number of benzene rings is 3. The van der Waals surface area contributed by atoms with Crippen molar-refractivity contribution in [3.8, 4) is 6.07 Å². The molecule has 0 radical (unpaired) electrons. The minimum Gasteiger partial charge on any atom is -0.322 e. The van der Waals surface area contributed by atoms with Crippen LogP contribution in [0.5, 0.6) is 0 Å². The molecule has 5 nitrogen and oxygen atoms in total. The van der Waals surface area contributed by atoms with Crippen LogP contribution in [0, 0.1) is 11.3 Å². The van der Waals surface area contributed by atoms with Crippen molar-refractivity contribution in [1.82, 2.24) is 0 Å². The van der Waals surface area contributed by atoms with Gasteiger partial charge in [-0.05, 0) is 60.7 Å². The van der Waals surface area contributed by atoms with Crippen molar-refractivity contribution < 1.29 is 4.79 Å². The molecule has 25 heavy (non-hydrogen) atoms. The molecule has 3 rings (SSSR count). The third kappa shape index (κ3) is 4.36. The molecule has 0 aliphatic rings. The van der Waals surface area contributed by atoms with Gasteiger partial charge in [0.15, 0.2) is 0 Å². The molecule has 0 saturated carbocycles. The lowest BCUT2D eigenvalue weighted by Gasteiger charge is -2.05. The maximum absolute atomic E-state index is 12.2. The number of hydrogen-bond donors (Lipinski definition) is 1. The number of azo groups is 1. The van der Waals surface area contributed by atoms with E-state index in [4.69, 9.17) is 5.26 Å². The SMILES string of the molecule is N#Cc1ccc(C(=O)Nc2ccc(N=Nc3ccccc3)cc2)cc1. The molecule has 120 valence electrons. The number of anilines is 1. The summed E-state index contributed by atoms with van der Waals surface area (Å²) in [6, 6.07) is 25.0. The molecule has 3 aromatic rings. The first-order chi connectivity index (χ1) is 12.2. The smallest absolute Gasteiger partial charge is 0.255 e.